The van der Waals surface area contributed by atoms with E-state index < -0.39 is 0 Å². The number of nitrogens with one attached hydrogen (secondary N) is 1. The number of fused-ring (bicyclic) bond motifs is 1. The van der Waals surface area contributed by atoms with Gasteiger partial charge in [0.05, 0.1) is 0 Å². The maximum atomic E-state index is 4.42. The zero-order valence-corrected chi connectivity index (χ0v) is 13.2. The molecular formula is C20H17N3. The van der Waals surface area contributed by atoms with Gasteiger partial charge in [0.15, 0.2) is 0 Å². The summed E-state index contributed by atoms with van der Waals surface area (Å²) >= 11 is 0. The van der Waals surface area contributed by atoms with Crippen molar-refractivity contribution in [1.29, 1.82) is 0 Å². The summed E-state index contributed by atoms with van der Waals surface area (Å²) in [6, 6.07) is 21.1. The van der Waals surface area contributed by atoms with Crippen LogP contribution >= 0.6 is 0 Å². The molecule has 112 valence electrons. The van der Waals surface area contributed by atoms with Gasteiger partial charge in [0.1, 0.15) is 11.0 Å². The van der Waals surface area contributed by atoms with Gasteiger partial charge in [0.25, 0.3) is 0 Å². The predicted molar refractivity (Wildman–Crippen MR) is 94.2 cm³/mol. The summed E-state index contributed by atoms with van der Waals surface area (Å²) in [5, 5.41) is 11.4. The van der Waals surface area contributed by atoms with Crippen LogP contribution in [0, 0.1) is 13.8 Å². The van der Waals surface area contributed by atoms with Gasteiger partial charge in [-0.2, -0.15) is 15.4 Å². The molecular weight excluding hydrogens is 282 g/mol. The molecule has 0 saturated heterocycles. The van der Waals surface area contributed by atoms with E-state index in [2.05, 4.69) is 83.9 Å². The van der Waals surface area contributed by atoms with Crippen molar-refractivity contribution in [2.24, 2.45) is 0 Å². The number of aryl methyl sites for hydroxylation is 2. The minimum atomic E-state index is 0.889. The standard InChI is InChI=1S/C20H17N3/c1-13-7-3-5-9-15(13)17-11-12-18-20(22-23-21-18)19(17)16-10-6-4-8-14(16)2/h3-12H,1-2H3,(H,21,22,23). The normalized spacial score (nSPS) is 11.0. The summed E-state index contributed by atoms with van der Waals surface area (Å²) < 4.78 is 0. The molecule has 3 heteroatoms. The minimum absolute atomic E-state index is 0.889. The zero-order chi connectivity index (χ0) is 15.8. The Bertz CT molecular complexity index is 999. The lowest BCUT2D eigenvalue weighted by Gasteiger charge is -2.14. The molecule has 0 amide bonds. The number of aromatic nitrogens is 3. The van der Waals surface area contributed by atoms with E-state index in [-0.39, 0.29) is 0 Å². The van der Waals surface area contributed by atoms with Crippen LogP contribution in [0.2, 0.25) is 0 Å². The van der Waals surface area contributed by atoms with E-state index >= 15 is 0 Å². The molecule has 4 rings (SSSR count). The van der Waals surface area contributed by atoms with Crippen molar-refractivity contribution in [3.05, 3.63) is 71.8 Å². The van der Waals surface area contributed by atoms with E-state index in [1.165, 1.54) is 27.8 Å². The first-order chi connectivity index (χ1) is 11.3. The lowest BCUT2D eigenvalue weighted by molar-refractivity contribution is 0.959. The molecule has 0 fully saturated rings. The van der Waals surface area contributed by atoms with E-state index in [4.69, 9.17) is 0 Å². The third kappa shape index (κ3) is 2.21. The molecule has 0 aliphatic heterocycles. The number of benzene rings is 3. The van der Waals surface area contributed by atoms with Gasteiger partial charge in [-0.05, 0) is 47.7 Å². The fourth-order valence-electron chi connectivity index (χ4n) is 3.14. The molecule has 3 aromatic carbocycles. The third-order valence-electron chi connectivity index (χ3n) is 4.34. The topological polar surface area (TPSA) is 41.6 Å². The molecule has 1 N–H and O–H groups in total. The van der Waals surface area contributed by atoms with Crippen molar-refractivity contribution < 1.29 is 0 Å². The Labute approximate surface area is 135 Å². The molecule has 0 unspecified atom stereocenters. The van der Waals surface area contributed by atoms with Crippen molar-refractivity contribution in [2.45, 2.75) is 13.8 Å². The quantitative estimate of drug-likeness (QED) is 0.571. The Morgan fingerprint density at radius 3 is 2.00 bits per heavy atom. The summed E-state index contributed by atoms with van der Waals surface area (Å²) in [6.07, 6.45) is 0. The second-order valence-electron chi connectivity index (χ2n) is 5.81. The Morgan fingerprint density at radius 1 is 0.652 bits per heavy atom. The second-order valence-corrected chi connectivity index (χ2v) is 5.81. The maximum absolute atomic E-state index is 4.42. The fraction of sp³-hybridized carbons (Fsp3) is 0.100. The van der Waals surface area contributed by atoms with Crippen molar-refractivity contribution in [2.75, 3.05) is 0 Å². The summed E-state index contributed by atoms with van der Waals surface area (Å²) in [7, 11) is 0. The van der Waals surface area contributed by atoms with Crippen LogP contribution in [0.25, 0.3) is 33.3 Å². The number of H-pyrrole nitrogens is 1. The van der Waals surface area contributed by atoms with Gasteiger partial charge >= 0.3 is 0 Å². The highest BCUT2D eigenvalue weighted by Crippen LogP contribution is 2.39. The van der Waals surface area contributed by atoms with Crippen LogP contribution in [-0.2, 0) is 0 Å². The number of hydrogen-bond donors (Lipinski definition) is 1. The van der Waals surface area contributed by atoms with Crippen LogP contribution < -0.4 is 0 Å². The van der Waals surface area contributed by atoms with Gasteiger partial charge < -0.3 is 0 Å². The summed E-state index contributed by atoms with van der Waals surface area (Å²) in [5.41, 5.74) is 9.06. The van der Waals surface area contributed by atoms with E-state index in [0.717, 1.165) is 16.6 Å². The molecule has 0 bridgehead atoms. The van der Waals surface area contributed by atoms with Crippen LogP contribution in [0.3, 0.4) is 0 Å². The van der Waals surface area contributed by atoms with Gasteiger partial charge in [-0.1, -0.05) is 54.6 Å². The van der Waals surface area contributed by atoms with Crippen LogP contribution in [0.4, 0.5) is 0 Å². The molecule has 0 aliphatic rings. The van der Waals surface area contributed by atoms with Crippen LogP contribution in [0.15, 0.2) is 60.7 Å². The molecule has 1 heterocycles. The molecule has 0 saturated carbocycles. The molecule has 0 atom stereocenters. The van der Waals surface area contributed by atoms with Crippen LogP contribution in [-0.4, -0.2) is 15.4 Å². The summed E-state index contributed by atoms with van der Waals surface area (Å²) in [6.45, 7) is 4.28. The van der Waals surface area contributed by atoms with Crippen molar-refractivity contribution in [3.63, 3.8) is 0 Å². The Balaban J connectivity index is 2.12. The molecule has 1 aromatic heterocycles. The first-order valence-corrected chi connectivity index (χ1v) is 7.71. The average Bonchev–Trinajstić information content (AvgIpc) is 3.04. The predicted octanol–water partition coefficient (Wildman–Crippen LogP) is 4.91. The lowest BCUT2D eigenvalue weighted by Crippen LogP contribution is -1.92. The van der Waals surface area contributed by atoms with Crippen molar-refractivity contribution in [1.82, 2.24) is 15.4 Å². The first kappa shape index (κ1) is 13.7. The van der Waals surface area contributed by atoms with E-state index in [1.54, 1.807) is 0 Å². The average molecular weight is 299 g/mol. The van der Waals surface area contributed by atoms with Gasteiger partial charge in [-0.25, -0.2) is 0 Å². The highest BCUT2D eigenvalue weighted by molar-refractivity contribution is 6.01. The molecule has 0 spiro atoms. The Kier molecular flexibility index (Phi) is 3.19. The lowest BCUT2D eigenvalue weighted by atomic mass is 9.89. The highest BCUT2D eigenvalue weighted by atomic mass is 15.3. The Morgan fingerprint density at radius 2 is 1.30 bits per heavy atom. The smallest absolute Gasteiger partial charge is 0.121 e. The van der Waals surface area contributed by atoms with Crippen molar-refractivity contribution >= 4 is 11.0 Å². The third-order valence-corrected chi connectivity index (χ3v) is 4.34. The monoisotopic (exact) mass is 299 g/mol. The fourth-order valence-corrected chi connectivity index (χ4v) is 3.14. The SMILES string of the molecule is Cc1ccccc1-c1ccc2n[nH]nc2c1-c1ccccc1C. The van der Waals surface area contributed by atoms with Gasteiger partial charge in [0, 0.05) is 5.56 Å². The number of rotatable bonds is 2. The largest absolute Gasteiger partial charge is 0.197 e. The summed E-state index contributed by atoms with van der Waals surface area (Å²) in [5.74, 6) is 0. The molecule has 0 aliphatic carbocycles. The number of hydrogen-bond acceptors (Lipinski definition) is 2. The molecule has 4 aromatic rings. The van der Waals surface area contributed by atoms with E-state index in [0.29, 0.717) is 0 Å². The zero-order valence-electron chi connectivity index (χ0n) is 13.2. The molecule has 3 nitrogen and oxygen atoms in total. The van der Waals surface area contributed by atoms with Gasteiger partial charge in [-0.15, -0.1) is 0 Å². The summed E-state index contributed by atoms with van der Waals surface area (Å²) in [4.78, 5) is 0. The van der Waals surface area contributed by atoms with E-state index in [1.807, 2.05) is 6.07 Å². The Hall–Kier alpha value is -2.94. The van der Waals surface area contributed by atoms with Crippen molar-refractivity contribution in [3.8, 4) is 22.3 Å². The number of aromatic amines is 1. The minimum Gasteiger partial charge on any atom is -0.197 e. The molecule has 0 radical (unpaired) electrons. The maximum Gasteiger partial charge on any atom is 0.121 e. The van der Waals surface area contributed by atoms with Gasteiger partial charge in [0.2, 0.25) is 0 Å². The van der Waals surface area contributed by atoms with E-state index in [9.17, 15) is 0 Å². The molecule has 23 heavy (non-hydrogen) atoms. The van der Waals surface area contributed by atoms with Gasteiger partial charge in [-0.3, -0.25) is 0 Å². The highest BCUT2D eigenvalue weighted by Gasteiger charge is 2.16. The first-order valence-electron chi connectivity index (χ1n) is 7.71. The second kappa shape index (κ2) is 5.36. The number of nitrogens with zero attached hydrogens (tertiary/aromatic N) is 2. The van der Waals surface area contributed by atoms with Crippen LogP contribution in [0.5, 0.6) is 0 Å². The van der Waals surface area contributed by atoms with Crippen LogP contribution in [0.1, 0.15) is 11.1 Å².